The molecule has 0 spiro atoms. The van der Waals surface area contributed by atoms with Crippen LogP contribution in [0.15, 0.2) is 18.2 Å². The molecule has 1 unspecified atom stereocenters. The van der Waals surface area contributed by atoms with Crippen LogP contribution in [0.5, 0.6) is 0 Å². The molecule has 0 amide bonds. The molecule has 21 heavy (non-hydrogen) atoms. The molecular weight excluding hydrogens is 272 g/mol. The normalized spacial score (nSPS) is 18.9. The number of nitrogens with zero attached hydrogens (tertiary/aromatic N) is 2. The lowest BCUT2D eigenvalue weighted by atomic mass is 9.75. The van der Waals surface area contributed by atoms with Gasteiger partial charge in [0, 0.05) is 30.2 Å². The summed E-state index contributed by atoms with van der Waals surface area (Å²) in [6.45, 7) is 1.07. The third-order valence-corrected chi connectivity index (χ3v) is 4.87. The smallest absolute Gasteiger partial charge is 0.163 e. The molecule has 1 aromatic rings. The van der Waals surface area contributed by atoms with Crippen LogP contribution in [0.3, 0.4) is 0 Å². The van der Waals surface area contributed by atoms with E-state index in [1.807, 2.05) is 7.05 Å². The minimum Gasteiger partial charge on any atom is -0.329 e. The highest BCUT2D eigenvalue weighted by atomic mass is 19.2. The van der Waals surface area contributed by atoms with Gasteiger partial charge in [-0.1, -0.05) is 12.1 Å². The van der Waals surface area contributed by atoms with Gasteiger partial charge in [0.05, 0.1) is 0 Å². The molecule has 0 heterocycles. The zero-order valence-corrected chi connectivity index (χ0v) is 13.1. The van der Waals surface area contributed by atoms with Gasteiger partial charge in [-0.25, -0.2) is 8.78 Å². The SMILES string of the molecule is CN(CC1(N(C)C)CCC1)C(CN)c1cccc(F)c1F. The van der Waals surface area contributed by atoms with Gasteiger partial charge in [-0.05, 0) is 46.5 Å². The molecule has 2 N–H and O–H groups in total. The van der Waals surface area contributed by atoms with Gasteiger partial charge in [0.15, 0.2) is 11.6 Å². The number of benzene rings is 1. The summed E-state index contributed by atoms with van der Waals surface area (Å²) >= 11 is 0. The Balaban J connectivity index is 2.19. The summed E-state index contributed by atoms with van der Waals surface area (Å²) in [6.07, 6.45) is 3.48. The van der Waals surface area contributed by atoms with Crippen molar-refractivity contribution in [3.8, 4) is 0 Å². The molecule has 1 atom stereocenters. The maximum absolute atomic E-state index is 14.0. The van der Waals surface area contributed by atoms with Crippen LogP contribution in [-0.4, -0.2) is 49.6 Å². The maximum atomic E-state index is 14.0. The standard InChI is InChI=1S/C16H25F2N3/c1-20(2)16(8-5-9-16)11-21(3)14(10-19)12-6-4-7-13(17)15(12)18/h4,6-7,14H,5,8-11,19H2,1-3H3. The van der Waals surface area contributed by atoms with E-state index in [2.05, 4.69) is 23.9 Å². The number of rotatable bonds is 6. The fraction of sp³-hybridized carbons (Fsp3) is 0.625. The first-order valence-corrected chi connectivity index (χ1v) is 7.43. The van der Waals surface area contributed by atoms with Crippen LogP contribution in [0.25, 0.3) is 0 Å². The summed E-state index contributed by atoms with van der Waals surface area (Å²) in [5.41, 5.74) is 6.31. The monoisotopic (exact) mass is 297 g/mol. The molecule has 3 nitrogen and oxygen atoms in total. The third kappa shape index (κ3) is 3.10. The van der Waals surface area contributed by atoms with Crippen LogP contribution in [-0.2, 0) is 0 Å². The molecule has 1 fully saturated rings. The van der Waals surface area contributed by atoms with Gasteiger partial charge in [0.25, 0.3) is 0 Å². The zero-order chi connectivity index (χ0) is 15.6. The minimum absolute atomic E-state index is 0.131. The lowest BCUT2D eigenvalue weighted by molar-refractivity contribution is 0.0163. The van der Waals surface area contributed by atoms with Gasteiger partial charge in [0.2, 0.25) is 0 Å². The van der Waals surface area contributed by atoms with Gasteiger partial charge >= 0.3 is 0 Å². The van der Waals surface area contributed by atoms with Crippen LogP contribution < -0.4 is 5.73 Å². The second kappa shape index (κ2) is 6.38. The molecule has 2 rings (SSSR count). The molecule has 0 radical (unpaired) electrons. The predicted octanol–water partition coefficient (Wildman–Crippen LogP) is 2.38. The van der Waals surface area contributed by atoms with Crippen molar-refractivity contribution in [1.82, 2.24) is 9.80 Å². The van der Waals surface area contributed by atoms with Crippen molar-refractivity contribution in [2.45, 2.75) is 30.8 Å². The number of hydrogen-bond donors (Lipinski definition) is 1. The molecule has 1 aliphatic carbocycles. The summed E-state index contributed by atoms with van der Waals surface area (Å²) in [5, 5.41) is 0. The third-order valence-electron chi connectivity index (χ3n) is 4.87. The molecule has 0 aliphatic heterocycles. The maximum Gasteiger partial charge on any atom is 0.163 e. The van der Waals surface area contributed by atoms with Crippen molar-refractivity contribution >= 4 is 0 Å². The first kappa shape index (κ1) is 16.3. The molecule has 0 saturated heterocycles. The average Bonchev–Trinajstić information content (AvgIpc) is 2.39. The van der Waals surface area contributed by atoms with Crippen LogP contribution in [0, 0.1) is 11.6 Å². The molecule has 1 aliphatic rings. The summed E-state index contributed by atoms with van der Waals surface area (Å²) in [6, 6.07) is 3.99. The van der Waals surface area contributed by atoms with Crippen molar-refractivity contribution < 1.29 is 8.78 Å². The highest BCUT2D eigenvalue weighted by molar-refractivity contribution is 5.23. The van der Waals surface area contributed by atoms with E-state index < -0.39 is 11.6 Å². The Kier molecular flexibility index (Phi) is 4.96. The number of likely N-dealkylation sites (N-methyl/N-ethyl adjacent to an activating group) is 2. The second-order valence-electron chi connectivity index (χ2n) is 6.28. The lowest BCUT2D eigenvalue weighted by Crippen LogP contribution is -2.57. The highest BCUT2D eigenvalue weighted by Gasteiger charge is 2.41. The van der Waals surface area contributed by atoms with E-state index in [9.17, 15) is 8.78 Å². The Bertz CT molecular complexity index is 486. The Morgan fingerprint density at radius 2 is 1.90 bits per heavy atom. The van der Waals surface area contributed by atoms with E-state index in [0.29, 0.717) is 5.56 Å². The van der Waals surface area contributed by atoms with Crippen molar-refractivity contribution in [2.75, 3.05) is 34.2 Å². The molecular formula is C16H25F2N3. The van der Waals surface area contributed by atoms with Gasteiger partial charge in [0.1, 0.15) is 0 Å². The zero-order valence-electron chi connectivity index (χ0n) is 13.1. The highest BCUT2D eigenvalue weighted by Crippen LogP contribution is 2.38. The van der Waals surface area contributed by atoms with E-state index in [1.54, 1.807) is 6.07 Å². The van der Waals surface area contributed by atoms with E-state index in [4.69, 9.17) is 5.73 Å². The second-order valence-corrected chi connectivity index (χ2v) is 6.28. The molecule has 1 aromatic carbocycles. The predicted molar refractivity (Wildman–Crippen MR) is 81.1 cm³/mol. The van der Waals surface area contributed by atoms with Crippen LogP contribution >= 0.6 is 0 Å². The van der Waals surface area contributed by atoms with Crippen molar-refractivity contribution in [3.05, 3.63) is 35.4 Å². The summed E-state index contributed by atoms with van der Waals surface area (Å²) in [7, 11) is 6.09. The fourth-order valence-corrected chi connectivity index (χ4v) is 3.23. The first-order valence-electron chi connectivity index (χ1n) is 7.43. The van der Waals surface area contributed by atoms with Crippen LogP contribution in [0.4, 0.5) is 8.78 Å². The fourth-order valence-electron chi connectivity index (χ4n) is 3.23. The van der Waals surface area contributed by atoms with E-state index in [0.717, 1.165) is 25.5 Å². The first-order chi connectivity index (χ1) is 9.91. The topological polar surface area (TPSA) is 32.5 Å². The summed E-state index contributed by atoms with van der Waals surface area (Å²) < 4.78 is 27.5. The Labute approximate surface area is 125 Å². The Hall–Kier alpha value is -1.04. The average molecular weight is 297 g/mol. The minimum atomic E-state index is -0.815. The number of hydrogen-bond acceptors (Lipinski definition) is 3. The van der Waals surface area contributed by atoms with Gasteiger partial charge in [-0.15, -0.1) is 0 Å². The molecule has 1 saturated carbocycles. The molecule has 0 bridgehead atoms. The van der Waals surface area contributed by atoms with Crippen molar-refractivity contribution in [3.63, 3.8) is 0 Å². The molecule has 118 valence electrons. The van der Waals surface area contributed by atoms with E-state index in [1.165, 1.54) is 12.5 Å². The summed E-state index contributed by atoms with van der Waals surface area (Å²) in [5.74, 6) is -1.60. The van der Waals surface area contributed by atoms with Gasteiger partial charge in [-0.3, -0.25) is 4.90 Å². The van der Waals surface area contributed by atoms with Gasteiger partial charge in [-0.2, -0.15) is 0 Å². The van der Waals surface area contributed by atoms with E-state index in [-0.39, 0.29) is 18.1 Å². The van der Waals surface area contributed by atoms with Gasteiger partial charge < -0.3 is 10.6 Å². The Morgan fingerprint density at radius 3 is 2.38 bits per heavy atom. The molecule has 5 heteroatoms. The molecule has 0 aromatic heterocycles. The lowest BCUT2D eigenvalue weighted by Gasteiger charge is -2.50. The largest absolute Gasteiger partial charge is 0.329 e. The number of halogens is 2. The van der Waals surface area contributed by atoms with Crippen LogP contribution in [0.2, 0.25) is 0 Å². The number of nitrogens with two attached hydrogens (primary N) is 1. The van der Waals surface area contributed by atoms with Crippen LogP contribution in [0.1, 0.15) is 30.9 Å². The Morgan fingerprint density at radius 1 is 1.24 bits per heavy atom. The quantitative estimate of drug-likeness (QED) is 0.875. The van der Waals surface area contributed by atoms with Crippen molar-refractivity contribution in [1.29, 1.82) is 0 Å². The van der Waals surface area contributed by atoms with Crippen molar-refractivity contribution in [2.24, 2.45) is 5.73 Å². The van der Waals surface area contributed by atoms with E-state index >= 15 is 0 Å². The summed E-state index contributed by atoms with van der Waals surface area (Å²) in [4.78, 5) is 4.29.